The Bertz CT molecular complexity index is 1380. The van der Waals surface area contributed by atoms with Crippen molar-refractivity contribution in [2.75, 3.05) is 19.6 Å². The second kappa shape index (κ2) is 14.8. The largest absolute Gasteiger partial charge is 0.474 e. The van der Waals surface area contributed by atoms with Gasteiger partial charge >= 0.3 is 6.18 Å². The predicted molar refractivity (Wildman–Crippen MR) is 151 cm³/mol. The number of hydrogen-bond acceptors (Lipinski definition) is 7. The fourth-order valence-electron chi connectivity index (χ4n) is 4.41. The summed E-state index contributed by atoms with van der Waals surface area (Å²) in [5, 5.41) is 5.20. The van der Waals surface area contributed by atoms with E-state index in [9.17, 15) is 27.6 Å². The maximum atomic E-state index is 13.1. The Hall–Kier alpha value is -4.26. The van der Waals surface area contributed by atoms with Crippen LogP contribution in [0.15, 0.2) is 72.7 Å². The molecular weight excluding hydrogens is 589 g/mol. The average molecular weight is 619 g/mol. The fraction of sp³-hybridized carbons (Fsp3) is 0.379. The van der Waals surface area contributed by atoms with Crippen LogP contribution in [0.4, 0.5) is 13.2 Å². The zero-order valence-electron chi connectivity index (χ0n) is 23.0. The van der Waals surface area contributed by atoms with Crippen LogP contribution in [0.5, 0.6) is 5.88 Å². The quantitative estimate of drug-likeness (QED) is 0.309. The molecule has 1 unspecified atom stereocenters. The summed E-state index contributed by atoms with van der Waals surface area (Å²) in [6, 6.07) is 4.98. The Labute approximate surface area is 251 Å². The van der Waals surface area contributed by atoms with Gasteiger partial charge in [0.2, 0.25) is 23.6 Å². The minimum Gasteiger partial charge on any atom is -0.474 e. The van der Waals surface area contributed by atoms with Gasteiger partial charge in [-0.3, -0.25) is 19.4 Å². The highest BCUT2D eigenvalue weighted by atomic mass is 35.5. The van der Waals surface area contributed by atoms with Crippen LogP contribution in [-0.2, 0) is 27.0 Å². The van der Waals surface area contributed by atoms with E-state index in [1.54, 1.807) is 30.5 Å². The first-order chi connectivity index (χ1) is 20.6. The van der Waals surface area contributed by atoms with E-state index < -0.39 is 35.8 Å². The van der Waals surface area contributed by atoms with E-state index in [0.717, 1.165) is 18.0 Å². The van der Waals surface area contributed by atoms with Gasteiger partial charge in [0.25, 0.3) is 0 Å². The number of nitrogens with zero attached hydrogens (tertiary/aromatic N) is 4. The number of amides is 3. The number of halogens is 4. The van der Waals surface area contributed by atoms with E-state index in [1.807, 2.05) is 18.2 Å². The first-order valence-electron chi connectivity index (χ1n) is 13.6. The number of aromatic nitrogens is 3. The Balaban J connectivity index is 1.28. The van der Waals surface area contributed by atoms with E-state index in [2.05, 4.69) is 25.6 Å². The molecule has 1 aliphatic carbocycles. The highest BCUT2D eigenvalue weighted by Gasteiger charge is 2.33. The molecule has 2 aromatic heterocycles. The lowest BCUT2D eigenvalue weighted by Crippen LogP contribution is -2.51. The molecule has 4 rings (SSSR count). The maximum Gasteiger partial charge on any atom is 0.433 e. The van der Waals surface area contributed by atoms with Crippen molar-refractivity contribution in [2.45, 2.75) is 49.4 Å². The van der Waals surface area contributed by atoms with Gasteiger partial charge in [-0.2, -0.15) is 13.2 Å². The second-order valence-corrected chi connectivity index (χ2v) is 10.5. The van der Waals surface area contributed by atoms with Gasteiger partial charge in [0.05, 0.1) is 11.9 Å². The van der Waals surface area contributed by atoms with Crippen LogP contribution in [-0.4, -0.2) is 74.7 Å². The summed E-state index contributed by atoms with van der Waals surface area (Å²) in [5.41, 5.74) is 0.302. The smallest absolute Gasteiger partial charge is 0.433 e. The molecule has 228 valence electrons. The minimum absolute atomic E-state index is 0.0839. The summed E-state index contributed by atoms with van der Waals surface area (Å²) < 4.78 is 44.3. The van der Waals surface area contributed by atoms with E-state index >= 15 is 0 Å². The molecule has 2 atom stereocenters. The van der Waals surface area contributed by atoms with Crippen LogP contribution in [0.3, 0.4) is 0 Å². The van der Waals surface area contributed by atoms with Crippen molar-refractivity contribution < 1.29 is 32.3 Å². The number of piperidine rings is 1. The van der Waals surface area contributed by atoms with Crippen molar-refractivity contribution in [2.24, 2.45) is 0 Å². The van der Waals surface area contributed by atoms with E-state index in [1.165, 1.54) is 11.0 Å². The van der Waals surface area contributed by atoms with Gasteiger partial charge in [-0.25, -0.2) is 9.97 Å². The first kappa shape index (κ1) is 31.7. The number of hydrogen-bond donors (Lipinski definition) is 2. The molecule has 0 saturated carbocycles. The van der Waals surface area contributed by atoms with Gasteiger partial charge in [0.15, 0.2) is 5.69 Å². The zero-order chi connectivity index (χ0) is 30.8. The number of ether oxygens (including phenoxy) is 1. The Morgan fingerprint density at radius 2 is 1.95 bits per heavy atom. The van der Waals surface area contributed by atoms with Crippen LogP contribution < -0.4 is 15.4 Å². The Morgan fingerprint density at radius 1 is 1.16 bits per heavy atom. The number of carbonyl (C=O) groups excluding carboxylic acids is 3. The molecule has 1 fully saturated rings. The molecule has 10 nitrogen and oxygen atoms in total. The summed E-state index contributed by atoms with van der Waals surface area (Å²) in [7, 11) is 0. The van der Waals surface area contributed by atoms with Gasteiger partial charge < -0.3 is 20.3 Å². The number of carbonyl (C=O) groups is 3. The summed E-state index contributed by atoms with van der Waals surface area (Å²) in [6.07, 6.45) is 7.31. The van der Waals surface area contributed by atoms with Crippen LogP contribution in [0.25, 0.3) is 0 Å². The summed E-state index contributed by atoms with van der Waals surface area (Å²) in [6.45, 7) is 0.265. The van der Waals surface area contributed by atoms with Crippen molar-refractivity contribution >= 4 is 29.3 Å². The molecule has 2 aromatic rings. The molecule has 14 heteroatoms. The maximum absolute atomic E-state index is 13.1. The highest BCUT2D eigenvalue weighted by Crippen LogP contribution is 2.29. The number of allylic oxidation sites excluding steroid dienone is 5. The number of pyridine rings is 1. The monoisotopic (exact) mass is 618 g/mol. The van der Waals surface area contributed by atoms with Crippen molar-refractivity contribution in [3.05, 3.63) is 84.1 Å². The van der Waals surface area contributed by atoms with Crippen molar-refractivity contribution in [1.82, 2.24) is 30.5 Å². The van der Waals surface area contributed by atoms with Crippen LogP contribution in [0.1, 0.15) is 30.7 Å². The van der Waals surface area contributed by atoms with Crippen LogP contribution >= 0.6 is 11.6 Å². The van der Waals surface area contributed by atoms with Crippen LogP contribution in [0, 0.1) is 0 Å². The Kier molecular flexibility index (Phi) is 10.9. The molecular formula is C29H30ClF3N6O4. The third-order valence-corrected chi connectivity index (χ3v) is 7.03. The van der Waals surface area contributed by atoms with E-state index in [4.69, 9.17) is 16.3 Å². The van der Waals surface area contributed by atoms with Gasteiger partial charge in [-0.05, 0) is 30.2 Å². The molecule has 1 aliphatic heterocycles. The molecule has 3 heterocycles. The summed E-state index contributed by atoms with van der Waals surface area (Å²) in [5.74, 6) is -1.57. The number of alkyl halides is 4. The zero-order valence-corrected chi connectivity index (χ0v) is 23.7. The van der Waals surface area contributed by atoms with Crippen molar-refractivity contribution in [3.63, 3.8) is 0 Å². The minimum atomic E-state index is -4.61. The summed E-state index contributed by atoms with van der Waals surface area (Å²) in [4.78, 5) is 51.2. The molecule has 0 aromatic carbocycles. The lowest BCUT2D eigenvalue weighted by molar-refractivity contribution is -0.141. The van der Waals surface area contributed by atoms with Crippen molar-refractivity contribution in [3.8, 4) is 5.88 Å². The molecule has 0 spiro atoms. The van der Waals surface area contributed by atoms with Gasteiger partial charge in [0, 0.05) is 56.4 Å². The number of nitrogens with one attached hydrogen (secondary N) is 2. The van der Waals surface area contributed by atoms with Gasteiger partial charge in [0.1, 0.15) is 18.5 Å². The first-order valence-corrected chi connectivity index (χ1v) is 14.0. The SMILES string of the molecule is O=C(/C=C/C1=CCC(Cl)C=C1)N[C@@H](Cc1ccccn1)C(=O)NCC(=O)N1CCC(Oc2cc(C(F)(F)F)ncn2)CC1. The number of likely N-dealkylation sites (tertiary alicyclic amines) is 1. The molecule has 2 aliphatic rings. The van der Waals surface area contributed by atoms with Crippen molar-refractivity contribution in [1.29, 1.82) is 0 Å². The van der Waals surface area contributed by atoms with E-state index in [-0.39, 0.29) is 43.2 Å². The molecule has 0 bridgehead atoms. The third kappa shape index (κ3) is 9.91. The standard InChI is InChI=1S/C29H30ClF3N6O4/c30-20-7-4-19(5-8-20)6-9-25(40)38-23(15-21-3-1-2-12-34-21)28(42)35-17-27(41)39-13-10-22(11-14-39)43-26-16-24(29(31,32)33)36-18-37-26/h1-7,9,12,16,18,20,22-23H,8,10-11,13-15,17H2,(H,35,42)(H,38,40)/b9-6+/t20?,23-/m0/s1. The number of rotatable bonds is 10. The van der Waals surface area contributed by atoms with Gasteiger partial charge in [-0.15, -0.1) is 11.6 Å². The molecule has 2 N–H and O–H groups in total. The molecule has 0 radical (unpaired) electrons. The molecule has 1 saturated heterocycles. The Morgan fingerprint density at radius 3 is 2.63 bits per heavy atom. The van der Waals surface area contributed by atoms with Gasteiger partial charge in [-0.1, -0.05) is 24.3 Å². The average Bonchev–Trinajstić information content (AvgIpc) is 3.00. The molecule has 3 amide bonds. The fourth-order valence-corrected chi connectivity index (χ4v) is 4.58. The van der Waals surface area contributed by atoms with E-state index in [0.29, 0.717) is 25.0 Å². The van der Waals surface area contributed by atoms with Crippen LogP contribution in [0.2, 0.25) is 0 Å². The lowest BCUT2D eigenvalue weighted by Gasteiger charge is -2.32. The normalized spacial score (nSPS) is 18.2. The topological polar surface area (TPSA) is 126 Å². The lowest BCUT2D eigenvalue weighted by atomic mass is 10.1. The molecule has 43 heavy (non-hydrogen) atoms. The summed E-state index contributed by atoms with van der Waals surface area (Å²) >= 11 is 6.03. The predicted octanol–water partition coefficient (Wildman–Crippen LogP) is 3.15. The second-order valence-electron chi connectivity index (χ2n) is 9.89. The highest BCUT2D eigenvalue weighted by molar-refractivity contribution is 6.22. The third-order valence-electron chi connectivity index (χ3n) is 6.70.